The summed E-state index contributed by atoms with van der Waals surface area (Å²) in [7, 11) is 1.36. The predicted octanol–water partition coefficient (Wildman–Crippen LogP) is 3.50. The molecule has 1 fully saturated rings. The zero-order valence-corrected chi connectivity index (χ0v) is 12.5. The molecule has 1 aliphatic carbocycles. The number of carbonyl (C=O) groups excluding carboxylic acids is 1. The zero-order valence-electron chi connectivity index (χ0n) is 12.5. The second-order valence-corrected chi connectivity index (χ2v) is 5.78. The van der Waals surface area contributed by atoms with E-state index in [1.54, 1.807) is 0 Å². The lowest BCUT2D eigenvalue weighted by Gasteiger charge is -2.06. The van der Waals surface area contributed by atoms with Gasteiger partial charge in [0, 0.05) is 13.1 Å². The fourth-order valence-electron chi connectivity index (χ4n) is 2.47. The predicted molar refractivity (Wildman–Crippen MR) is 79.0 cm³/mol. The van der Waals surface area contributed by atoms with Crippen LogP contribution in [0.1, 0.15) is 35.6 Å². The zero-order chi connectivity index (χ0) is 16.6. The number of nitrogens with zero attached hydrogens (tertiary/aromatic N) is 2. The summed E-state index contributed by atoms with van der Waals surface area (Å²) < 4.78 is 38.8. The summed E-state index contributed by atoms with van der Waals surface area (Å²) in [4.78, 5) is 12.1. The number of halogens is 3. The van der Waals surface area contributed by atoms with E-state index in [-0.39, 0.29) is 18.1 Å². The van der Waals surface area contributed by atoms with Crippen LogP contribution in [0.25, 0.3) is 0 Å². The standard InChI is InChI=1S/C16H16F3N3O/c1-22-14(9-13(21-22)16(17,18)19)20-15(23)8-10-3-2-4-12(7-10)11-5-6-11/h2-4,7,9,11H,5-6,8H2,1H3,(H,20,23). The number of rotatable bonds is 4. The molecule has 0 atom stereocenters. The molecule has 0 spiro atoms. The highest BCUT2D eigenvalue weighted by Gasteiger charge is 2.34. The average molecular weight is 323 g/mol. The summed E-state index contributed by atoms with van der Waals surface area (Å²) in [6.45, 7) is 0. The molecule has 1 amide bonds. The molecule has 0 saturated heterocycles. The van der Waals surface area contributed by atoms with Gasteiger partial charge in [0.2, 0.25) is 5.91 Å². The van der Waals surface area contributed by atoms with Gasteiger partial charge in [-0.3, -0.25) is 9.48 Å². The molecule has 2 aromatic rings. The Hall–Kier alpha value is -2.31. The molecule has 0 bridgehead atoms. The Bertz CT molecular complexity index is 732. The third-order valence-corrected chi connectivity index (χ3v) is 3.80. The molecule has 1 saturated carbocycles. The number of alkyl halides is 3. The van der Waals surface area contributed by atoms with Gasteiger partial charge in [-0.1, -0.05) is 24.3 Å². The maximum absolute atomic E-state index is 12.6. The first kappa shape index (κ1) is 15.6. The van der Waals surface area contributed by atoms with Crippen LogP contribution in [0.5, 0.6) is 0 Å². The number of anilines is 1. The van der Waals surface area contributed by atoms with Crippen LogP contribution in [0.3, 0.4) is 0 Å². The summed E-state index contributed by atoms with van der Waals surface area (Å²) in [5.74, 6) is 0.250. The van der Waals surface area contributed by atoms with Gasteiger partial charge in [-0.15, -0.1) is 0 Å². The van der Waals surface area contributed by atoms with Gasteiger partial charge in [0.25, 0.3) is 0 Å². The number of hydrogen-bond donors (Lipinski definition) is 1. The fraction of sp³-hybridized carbons (Fsp3) is 0.375. The minimum atomic E-state index is -4.53. The Labute approximate surface area is 131 Å². The fourth-order valence-corrected chi connectivity index (χ4v) is 2.47. The molecule has 0 aliphatic heterocycles. The van der Waals surface area contributed by atoms with Crippen molar-refractivity contribution >= 4 is 11.7 Å². The monoisotopic (exact) mass is 323 g/mol. The van der Waals surface area contributed by atoms with Gasteiger partial charge in [-0.25, -0.2) is 0 Å². The minimum absolute atomic E-state index is 0.0284. The maximum atomic E-state index is 12.6. The first-order valence-electron chi connectivity index (χ1n) is 7.33. The molecular formula is C16H16F3N3O. The van der Waals surface area contributed by atoms with Crippen molar-refractivity contribution in [2.75, 3.05) is 5.32 Å². The van der Waals surface area contributed by atoms with Gasteiger partial charge in [0.05, 0.1) is 6.42 Å². The van der Waals surface area contributed by atoms with Crippen molar-refractivity contribution < 1.29 is 18.0 Å². The lowest BCUT2D eigenvalue weighted by Crippen LogP contribution is -2.16. The first-order chi connectivity index (χ1) is 10.8. The van der Waals surface area contributed by atoms with Crippen LogP contribution in [0.2, 0.25) is 0 Å². The Balaban J connectivity index is 1.67. The Morgan fingerprint density at radius 2 is 2.09 bits per heavy atom. The van der Waals surface area contributed by atoms with Crippen molar-refractivity contribution in [2.45, 2.75) is 31.4 Å². The van der Waals surface area contributed by atoms with Crippen molar-refractivity contribution in [1.29, 1.82) is 0 Å². The van der Waals surface area contributed by atoms with Crippen molar-refractivity contribution in [2.24, 2.45) is 7.05 Å². The normalized spacial score (nSPS) is 14.8. The maximum Gasteiger partial charge on any atom is 0.435 e. The van der Waals surface area contributed by atoms with Crippen LogP contribution in [-0.4, -0.2) is 15.7 Å². The third kappa shape index (κ3) is 3.72. The van der Waals surface area contributed by atoms with E-state index in [4.69, 9.17) is 0 Å². The van der Waals surface area contributed by atoms with Gasteiger partial charge >= 0.3 is 6.18 Å². The number of amides is 1. The lowest BCUT2D eigenvalue weighted by atomic mass is 10.0. The first-order valence-corrected chi connectivity index (χ1v) is 7.33. The Morgan fingerprint density at radius 1 is 1.35 bits per heavy atom. The molecule has 122 valence electrons. The van der Waals surface area contributed by atoms with E-state index >= 15 is 0 Å². The van der Waals surface area contributed by atoms with E-state index < -0.39 is 11.9 Å². The van der Waals surface area contributed by atoms with E-state index in [9.17, 15) is 18.0 Å². The summed E-state index contributed by atoms with van der Waals surface area (Å²) in [5, 5.41) is 5.84. The molecule has 3 rings (SSSR count). The van der Waals surface area contributed by atoms with Gasteiger partial charge < -0.3 is 5.32 Å². The van der Waals surface area contributed by atoms with Crippen LogP contribution in [0.4, 0.5) is 19.0 Å². The number of aromatic nitrogens is 2. The summed E-state index contributed by atoms with van der Waals surface area (Å²) >= 11 is 0. The molecule has 1 aliphatic rings. The van der Waals surface area contributed by atoms with E-state index in [1.165, 1.54) is 25.5 Å². The SMILES string of the molecule is Cn1nc(C(F)(F)F)cc1NC(=O)Cc1cccc(C2CC2)c1. The summed E-state index contributed by atoms with van der Waals surface area (Å²) in [5.41, 5.74) is 1.05. The van der Waals surface area contributed by atoms with E-state index in [0.717, 1.165) is 16.3 Å². The minimum Gasteiger partial charge on any atom is -0.311 e. The number of nitrogens with one attached hydrogen (secondary N) is 1. The van der Waals surface area contributed by atoms with Crippen molar-refractivity contribution in [1.82, 2.24) is 9.78 Å². The molecule has 1 heterocycles. The van der Waals surface area contributed by atoms with Crippen LogP contribution in [0, 0.1) is 0 Å². The second kappa shape index (κ2) is 5.72. The van der Waals surface area contributed by atoms with Gasteiger partial charge in [0.15, 0.2) is 5.69 Å². The molecule has 23 heavy (non-hydrogen) atoms. The molecule has 1 N–H and O–H groups in total. The molecular weight excluding hydrogens is 307 g/mol. The molecule has 0 radical (unpaired) electrons. The highest BCUT2D eigenvalue weighted by atomic mass is 19.4. The van der Waals surface area contributed by atoms with Crippen molar-refractivity contribution in [3.8, 4) is 0 Å². The van der Waals surface area contributed by atoms with Crippen LogP contribution < -0.4 is 5.32 Å². The smallest absolute Gasteiger partial charge is 0.311 e. The van der Waals surface area contributed by atoms with Gasteiger partial charge in [0.1, 0.15) is 5.82 Å². The molecule has 0 unspecified atom stereocenters. The third-order valence-electron chi connectivity index (χ3n) is 3.80. The number of aryl methyl sites for hydroxylation is 1. The number of carbonyl (C=O) groups is 1. The van der Waals surface area contributed by atoms with Crippen LogP contribution in [-0.2, 0) is 24.4 Å². The molecule has 1 aromatic heterocycles. The van der Waals surface area contributed by atoms with E-state index in [1.807, 2.05) is 24.3 Å². The van der Waals surface area contributed by atoms with Crippen molar-refractivity contribution in [3.05, 3.63) is 47.2 Å². The highest BCUT2D eigenvalue weighted by molar-refractivity contribution is 5.91. The molecule has 7 heteroatoms. The largest absolute Gasteiger partial charge is 0.435 e. The quantitative estimate of drug-likeness (QED) is 0.936. The van der Waals surface area contributed by atoms with Crippen LogP contribution >= 0.6 is 0 Å². The lowest BCUT2D eigenvalue weighted by molar-refractivity contribution is -0.141. The van der Waals surface area contributed by atoms with Gasteiger partial charge in [-0.2, -0.15) is 18.3 Å². The van der Waals surface area contributed by atoms with Crippen molar-refractivity contribution in [3.63, 3.8) is 0 Å². The highest BCUT2D eigenvalue weighted by Crippen LogP contribution is 2.40. The van der Waals surface area contributed by atoms with E-state index in [2.05, 4.69) is 10.4 Å². The molecule has 4 nitrogen and oxygen atoms in total. The summed E-state index contributed by atoms with van der Waals surface area (Å²) in [6.07, 6.45) is -2.07. The summed E-state index contributed by atoms with van der Waals surface area (Å²) in [6, 6.07) is 8.61. The Morgan fingerprint density at radius 3 is 2.70 bits per heavy atom. The average Bonchev–Trinajstić information content (AvgIpc) is 3.24. The van der Waals surface area contributed by atoms with Gasteiger partial charge in [-0.05, 0) is 29.9 Å². The van der Waals surface area contributed by atoms with E-state index in [0.29, 0.717) is 5.92 Å². The molecule has 1 aromatic carbocycles. The van der Waals surface area contributed by atoms with Crippen LogP contribution in [0.15, 0.2) is 30.3 Å². The second-order valence-electron chi connectivity index (χ2n) is 5.78. The topological polar surface area (TPSA) is 46.9 Å². The number of benzene rings is 1. The number of hydrogen-bond acceptors (Lipinski definition) is 2. The Kier molecular flexibility index (Phi) is 3.87.